The van der Waals surface area contributed by atoms with Crippen molar-refractivity contribution >= 4 is 17.7 Å². The van der Waals surface area contributed by atoms with E-state index in [0.717, 1.165) is 0 Å². The highest BCUT2D eigenvalue weighted by molar-refractivity contribution is 6.02. The number of carboxylic acids is 1. The maximum atomic E-state index is 12.3. The maximum absolute atomic E-state index is 12.3. The minimum absolute atomic E-state index is 0.175. The molecule has 0 bridgehead atoms. The number of carboxylic acid groups (broad SMARTS) is 1. The summed E-state index contributed by atoms with van der Waals surface area (Å²) < 4.78 is 7.48. The standard InChI is InChI=1S/C19H17N3O4/c1-12-14(19(24)25)5-3-7-16(12)26-13-8-9-20-17(11-13)21-18(23)15-6-4-10-22(15)2/h3-11H,1-2H3,(H,24,25)(H,20,21,23). The van der Waals surface area contributed by atoms with Gasteiger partial charge in [-0.15, -0.1) is 0 Å². The summed E-state index contributed by atoms with van der Waals surface area (Å²) in [5.41, 5.74) is 1.20. The van der Waals surface area contributed by atoms with Crippen LogP contribution < -0.4 is 10.1 Å². The van der Waals surface area contributed by atoms with Crippen molar-refractivity contribution in [3.8, 4) is 11.5 Å². The number of aromatic carboxylic acids is 1. The number of amides is 1. The van der Waals surface area contributed by atoms with Gasteiger partial charge in [0.25, 0.3) is 5.91 Å². The van der Waals surface area contributed by atoms with Gasteiger partial charge in [-0.25, -0.2) is 9.78 Å². The minimum atomic E-state index is -1.02. The van der Waals surface area contributed by atoms with Crippen LogP contribution in [-0.4, -0.2) is 26.5 Å². The quantitative estimate of drug-likeness (QED) is 0.734. The third kappa shape index (κ3) is 3.56. The van der Waals surface area contributed by atoms with E-state index in [-0.39, 0.29) is 11.5 Å². The van der Waals surface area contributed by atoms with Crippen LogP contribution in [0.2, 0.25) is 0 Å². The van der Waals surface area contributed by atoms with Gasteiger partial charge in [0.1, 0.15) is 23.0 Å². The predicted octanol–water partition coefficient (Wildman–Crippen LogP) is 3.47. The number of hydrogen-bond acceptors (Lipinski definition) is 4. The fraction of sp³-hybridized carbons (Fsp3) is 0.105. The number of pyridine rings is 1. The molecule has 0 aliphatic rings. The van der Waals surface area contributed by atoms with E-state index in [9.17, 15) is 14.7 Å². The molecule has 0 aliphatic heterocycles. The fourth-order valence-corrected chi connectivity index (χ4v) is 2.50. The van der Waals surface area contributed by atoms with Gasteiger partial charge in [-0.3, -0.25) is 4.79 Å². The molecule has 1 amide bonds. The van der Waals surface area contributed by atoms with Crippen LogP contribution in [0.5, 0.6) is 11.5 Å². The molecule has 7 nitrogen and oxygen atoms in total. The van der Waals surface area contributed by atoms with Gasteiger partial charge in [-0.1, -0.05) is 6.07 Å². The lowest BCUT2D eigenvalue weighted by Crippen LogP contribution is -2.16. The molecule has 3 aromatic rings. The highest BCUT2D eigenvalue weighted by Crippen LogP contribution is 2.28. The average Bonchev–Trinajstić information content (AvgIpc) is 3.03. The molecule has 1 aromatic carbocycles. The highest BCUT2D eigenvalue weighted by Gasteiger charge is 2.13. The summed E-state index contributed by atoms with van der Waals surface area (Å²) in [6.07, 6.45) is 3.28. The lowest BCUT2D eigenvalue weighted by atomic mass is 10.1. The first-order valence-corrected chi connectivity index (χ1v) is 7.85. The molecule has 0 saturated heterocycles. The van der Waals surface area contributed by atoms with Crippen molar-refractivity contribution in [3.05, 3.63) is 71.7 Å². The van der Waals surface area contributed by atoms with Gasteiger partial charge >= 0.3 is 5.97 Å². The second-order valence-electron chi connectivity index (χ2n) is 5.67. The van der Waals surface area contributed by atoms with Crippen LogP contribution in [0.4, 0.5) is 5.82 Å². The topological polar surface area (TPSA) is 93.5 Å². The second kappa shape index (κ2) is 7.10. The molecule has 0 fully saturated rings. The summed E-state index contributed by atoms with van der Waals surface area (Å²) in [5, 5.41) is 11.9. The van der Waals surface area contributed by atoms with E-state index in [2.05, 4.69) is 10.3 Å². The van der Waals surface area contributed by atoms with Crippen molar-refractivity contribution in [2.24, 2.45) is 7.05 Å². The lowest BCUT2D eigenvalue weighted by Gasteiger charge is -2.11. The largest absolute Gasteiger partial charge is 0.478 e. The van der Waals surface area contributed by atoms with E-state index in [1.807, 2.05) is 0 Å². The number of anilines is 1. The summed E-state index contributed by atoms with van der Waals surface area (Å²) in [5.74, 6) is -0.103. The molecule has 0 unspecified atom stereocenters. The first-order valence-electron chi connectivity index (χ1n) is 7.85. The Morgan fingerprint density at radius 1 is 1.19 bits per heavy atom. The van der Waals surface area contributed by atoms with Crippen LogP contribution in [0.25, 0.3) is 0 Å². The van der Waals surface area contributed by atoms with Crippen LogP contribution in [0.1, 0.15) is 26.4 Å². The Hall–Kier alpha value is -3.61. The van der Waals surface area contributed by atoms with Gasteiger partial charge in [0, 0.05) is 31.1 Å². The Kier molecular flexibility index (Phi) is 4.70. The zero-order chi connectivity index (χ0) is 18.7. The number of hydrogen-bond donors (Lipinski definition) is 2. The van der Waals surface area contributed by atoms with Gasteiger partial charge in [0.15, 0.2) is 0 Å². The molecule has 26 heavy (non-hydrogen) atoms. The third-order valence-electron chi connectivity index (χ3n) is 3.89. The summed E-state index contributed by atoms with van der Waals surface area (Å²) >= 11 is 0. The van der Waals surface area contributed by atoms with Gasteiger partial charge in [-0.2, -0.15) is 0 Å². The summed E-state index contributed by atoms with van der Waals surface area (Å²) in [4.78, 5) is 27.6. The Bertz CT molecular complexity index is 978. The van der Waals surface area contributed by atoms with Crippen molar-refractivity contribution in [1.29, 1.82) is 0 Å². The first kappa shape index (κ1) is 17.2. The molecule has 2 heterocycles. The number of nitrogens with zero attached hydrogens (tertiary/aromatic N) is 2. The molecule has 132 valence electrons. The SMILES string of the molecule is Cc1c(Oc2ccnc(NC(=O)c3cccn3C)c2)cccc1C(=O)O. The Morgan fingerprint density at radius 3 is 2.69 bits per heavy atom. The Balaban J connectivity index is 1.80. The number of nitrogens with one attached hydrogen (secondary N) is 1. The van der Waals surface area contributed by atoms with Crippen LogP contribution in [0, 0.1) is 6.92 Å². The van der Waals surface area contributed by atoms with Crippen LogP contribution >= 0.6 is 0 Å². The minimum Gasteiger partial charge on any atom is -0.478 e. The number of ether oxygens (including phenoxy) is 1. The van der Waals surface area contributed by atoms with E-state index < -0.39 is 5.97 Å². The highest BCUT2D eigenvalue weighted by atomic mass is 16.5. The summed E-state index contributed by atoms with van der Waals surface area (Å²) in [7, 11) is 1.78. The maximum Gasteiger partial charge on any atom is 0.336 e. The van der Waals surface area contributed by atoms with Crippen LogP contribution in [0.15, 0.2) is 54.9 Å². The molecule has 0 radical (unpaired) electrons. The number of rotatable bonds is 5. The van der Waals surface area contributed by atoms with E-state index in [1.54, 1.807) is 61.1 Å². The van der Waals surface area contributed by atoms with E-state index in [0.29, 0.717) is 28.6 Å². The van der Waals surface area contributed by atoms with Gasteiger partial charge in [0.05, 0.1) is 5.56 Å². The number of carbonyl (C=O) groups is 2. The van der Waals surface area contributed by atoms with Crippen LogP contribution in [0.3, 0.4) is 0 Å². The van der Waals surface area contributed by atoms with Gasteiger partial charge < -0.3 is 19.7 Å². The van der Waals surface area contributed by atoms with Gasteiger partial charge in [0.2, 0.25) is 0 Å². The monoisotopic (exact) mass is 351 g/mol. The van der Waals surface area contributed by atoms with E-state index in [1.165, 1.54) is 12.3 Å². The average molecular weight is 351 g/mol. The lowest BCUT2D eigenvalue weighted by molar-refractivity contribution is 0.0695. The van der Waals surface area contributed by atoms with Crippen molar-refractivity contribution in [2.45, 2.75) is 6.92 Å². The van der Waals surface area contributed by atoms with Crippen molar-refractivity contribution in [1.82, 2.24) is 9.55 Å². The number of aromatic nitrogens is 2. The smallest absolute Gasteiger partial charge is 0.336 e. The molecule has 0 aliphatic carbocycles. The molecule has 7 heteroatoms. The van der Waals surface area contributed by atoms with Crippen LogP contribution in [-0.2, 0) is 7.05 Å². The van der Waals surface area contributed by atoms with E-state index in [4.69, 9.17) is 4.74 Å². The zero-order valence-corrected chi connectivity index (χ0v) is 14.3. The molecule has 2 aromatic heterocycles. The molecule has 0 saturated carbocycles. The second-order valence-corrected chi connectivity index (χ2v) is 5.67. The molecule has 0 atom stereocenters. The number of benzene rings is 1. The molecule has 0 spiro atoms. The number of carbonyl (C=O) groups excluding carboxylic acids is 1. The molecular formula is C19H17N3O4. The fourth-order valence-electron chi connectivity index (χ4n) is 2.50. The number of aryl methyl sites for hydroxylation is 1. The van der Waals surface area contributed by atoms with Crippen molar-refractivity contribution in [3.63, 3.8) is 0 Å². The molecular weight excluding hydrogens is 334 g/mol. The predicted molar refractivity (Wildman–Crippen MR) is 95.8 cm³/mol. The van der Waals surface area contributed by atoms with Crippen molar-refractivity contribution in [2.75, 3.05) is 5.32 Å². The van der Waals surface area contributed by atoms with E-state index >= 15 is 0 Å². The molecule has 2 N–H and O–H groups in total. The summed E-state index contributed by atoms with van der Waals surface area (Å²) in [6, 6.07) is 11.5. The van der Waals surface area contributed by atoms with Crippen molar-refractivity contribution < 1.29 is 19.4 Å². The normalized spacial score (nSPS) is 10.4. The Morgan fingerprint density at radius 2 is 2.00 bits per heavy atom. The first-order chi connectivity index (χ1) is 12.5. The van der Waals surface area contributed by atoms with Gasteiger partial charge in [-0.05, 0) is 37.3 Å². The summed E-state index contributed by atoms with van der Waals surface area (Å²) in [6.45, 7) is 1.68. The molecule has 3 rings (SSSR count). The third-order valence-corrected chi connectivity index (χ3v) is 3.89. The Labute approximate surface area is 149 Å². The zero-order valence-electron chi connectivity index (χ0n) is 14.3.